The van der Waals surface area contributed by atoms with E-state index in [-0.39, 0.29) is 23.6 Å². The van der Waals surface area contributed by atoms with Gasteiger partial charge in [-0.2, -0.15) is 13.2 Å². The average molecular weight is 466 g/mol. The molecule has 2 aromatic rings. The molecule has 13 heteroatoms. The molecule has 2 N–H and O–H groups in total. The number of hydrogen-bond donors (Lipinski definition) is 1. The molecular weight excluding hydrogens is 453 g/mol. The second kappa shape index (κ2) is 8.53. The summed E-state index contributed by atoms with van der Waals surface area (Å²) in [6.45, 7) is -1.94. The molecule has 1 aliphatic heterocycles. The highest BCUT2D eigenvalue weighted by Crippen LogP contribution is 2.36. The normalized spacial score (nSPS) is 17.4. The molecule has 1 aromatic heterocycles. The molecule has 166 valence electrons. The van der Waals surface area contributed by atoms with Crippen molar-refractivity contribution in [1.29, 1.82) is 0 Å². The molecule has 0 bridgehead atoms. The zero-order valence-electron chi connectivity index (χ0n) is 15.3. The third-order valence-electron chi connectivity index (χ3n) is 4.29. The molecule has 31 heavy (non-hydrogen) atoms. The Kier molecular flexibility index (Phi) is 6.20. The fourth-order valence-corrected chi connectivity index (χ4v) is 3.08. The Labute approximate surface area is 176 Å². The van der Waals surface area contributed by atoms with E-state index in [0.29, 0.717) is 0 Å². The van der Waals surface area contributed by atoms with E-state index in [2.05, 4.69) is 9.72 Å². The lowest BCUT2D eigenvalue weighted by Gasteiger charge is -2.27. The second-order valence-corrected chi connectivity index (χ2v) is 6.81. The maximum absolute atomic E-state index is 14.8. The van der Waals surface area contributed by atoms with Gasteiger partial charge in [0.25, 0.3) is 5.91 Å². The number of halogens is 6. The van der Waals surface area contributed by atoms with Crippen LogP contribution in [0.3, 0.4) is 0 Å². The summed E-state index contributed by atoms with van der Waals surface area (Å²) >= 11 is 5.64. The van der Waals surface area contributed by atoms with E-state index in [0.717, 1.165) is 29.3 Å². The van der Waals surface area contributed by atoms with Crippen LogP contribution in [0, 0.1) is 11.6 Å². The molecule has 0 saturated carbocycles. The van der Waals surface area contributed by atoms with Crippen LogP contribution in [0.15, 0.2) is 30.5 Å². The van der Waals surface area contributed by atoms with Gasteiger partial charge in [-0.3, -0.25) is 9.69 Å². The maximum Gasteiger partial charge on any atom is 0.422 e. The van der Waals surface area contributed by atoms with E-state index in [1.807, 2.05) is 0 Å². The quantitative estimate of drug-likeness (QED) is 0.521. The average Bonchev–Trinajstić information content (AvgIpc) is 3.08. The first-order valence-electron chi connectivity index (χ1n) is 8.53. The Hall–Kier alpha value is -3.15. The van der Waals surface area contributed by atoms with Crippen LogP contribution in [-0.4, -0.2) is 47.3 Å². The number of ether oxygens (including phenoxy) is 2. The summed E-state index contributed by atoms with van der Waals surface area (Å²) in [7, 11) is 0. The lowest BCUT2D eigenvalue weighted by Crippen LogP contribution is -2.35. The molecule has 1 saturated heterocycles. The molecular formula is C18H13ClF5N3O4. The van der Waals surface area contributed by atoms with Gasteiger partial charge in [-0.15, -0.1) is 0 Å². The molecule has 0 spiro atoms. The van der Waals surface area contributed by atoms with Crippen molar-refractivity contribution in [3.05, 3.63) is 58.2 Å². The van der Waals surface area contributed by atoms with Gasteiger partial charge in [0.2, 0.25) is 5.88 Å². The van der Waals surface area contributed by atoms with Crippen molar-refractivity contribution in [3.8, 4) is 5.88 Å². The van der Waals surface area contributed by atoms with Crippen LogP contribution in [0.5, 0.6) is 5.88 Å². The number of hydrogen-bond acceptors (Lipinski definition) is 5. The highest BCUT2D eigenvalue weighted by Gasteiger charge is 2.41. The predicted molar refractivity (Wildman–Crippen MR) is 95.2 cm³/mol. The zero-order valence-corrected chi connectivity index (χ0v) is 16.1. The third-order valence-corrected chi connectivity index (χ3v) is 4.63. The number of cyclic esters (lactones) is 1. The number of benzene rings is 1. The smallest absolute Gasteiger partial charge is 0.422 e. The summed E-state index contributed by atoms with van der Waals surface area (Å²) < 4.78 is 74.7. The topological polar surface area (TPSA) is 94.8 Å². The highest BCUT2D eigenvalue weighted by atomic mass is 35.5. The Morgan fingerprint density at radius 1 is 1.32 bits per heavy atom. The number of alkyl halides is 3. The van der Waals surface area contributed by atoms with Crippen molar-refractivity contribution in [1.82, 2.24) is 9.88 Å². The number of nitrogens with zero attached hydrogens (tertiary/aromatic N) is 2. The number of amides is 2. The summed E-state index contributed by atoms with van der Waals surface area (Å²) in [6, 6.07) is 2.89. The van der Waals surface area contributed by atoms with Crippen LogP contribution in [0.4, 0.5) is 26.7 Å². The van der Waals surface area contributed by atoms with E-state index in [1.54, 1.807) is 0 Å². The molecule has 7 nitrogen and oxygen atoms in total. The molecule has 2 heterocycles. The van der Waals surface area contributed by atoms with Crippen LogP contribution in [0.25, 0.3) is 0 Å². The molecule has 0 radical (unpaired) electrons. The summed E-state index contributed by atoms with van der Waals surface area (Å²) in [5.74, 6) is -3.55. The molecule has 3 rings (SSSR count). The highest BCUT2D eigenvalue weighted by molar-refractivity contribution is 6.31. The first-order chi connectivity index (χ1) is 14.5. The summed E-state index contributed by atoms with van der Waals surface area (Å²) in [4.78, 5) is 28.4. The van der Waals surface area contributed by atoms with E-state index < -0.39 is 53.6 Å². The van der Waals surface area contributed by atoms with E-state index in [4.69, 9.17) is 22.1 Å². The minimum Gasteiger partial charge on any atom is -0.468 e. The van der Waals surface area contributed by atoms with Crippen molar-refractivity contribution in [2.24, 2.45) is 5.73 Å². The van der Waals surface area contributed by atoms with Gasteiger partial charge in [0.15, 0.2) is 12.7 Å². The van der Waals surface area contributed by atoms with Crippen molar-refractivity contribution in [2.45, 2.75) is 18.3 Å². The summed E-state index contributed by atoms with van der Waals surface area (Å²) in [5.41, 5.74) is 4.99. The number of aromatic nitrogens is 1. The van der Waals surface area contributed by atoms with Crippen molar-refractivity contribution < 1.29 is 41.0 Å². The van der Waals surface area contributed by atoms with Crippen LogP contribution in [0.1, 0.15) is 17.2 Å². The summed E-state index contributed by atoms with van der Waals surface area (Å²) in [6.07, 6.45) is -5.89. The number of carbonyl (C=O) groups excluding carboxylic acids is 2. The third kappa shape index (κ3) is 4.95. The zero-order chi connectivity index (χ0) is 22.9. The largest absolute Gasteiger partial charge is 0.468 e. The van der Waals surface area contributed by atoms with Crippen LogP contribution in [-0.2, 0) is 9.53 Å². The number of rotatable bonds is 6. The molecule has 1 fully saturated rings. The Balaban J connectivity index is 2.00. The molecule has 2 atom stereocenters. The van der Waals surface area contributed by atoms with Crippen LogP contribution in [0.2, 0.25) is 5.02 Å². The van der Waals surface area contributed by atoms with Crippen molar-refractivity contribution >= 4 is 23.6 Å². The Bertz CT molecular complexity index is 1000. The minimum atomic E-state index is -4.58. The van der Waals surface area contributed by atoms with Gasteiger partial charge >= 0.3 is 12.3 Å². The molecule has 1 aliphatic rings. The molecule has 1 unspecified atom stereocenters. The Morgan fingerprint density at radius 3 is 2.58 bits per heavy atom. The SMILES string of the molecule is NC(=O)C1CN([C@@H](c2ccc(OCC(F)(F)F)nc2)c2ccc(F)c(Cl)c2F)C(=O)O1. The number of carbonyl (C=O) groups is 2. The number of nitrogens with two attached hydrogens (primary N) is 1. The lowest BCUT2D eigenvalue weighted by atomic mass is 9.97. The van der Waals surface area contributed by atoms with E-state index >= 15 is 0 Å². The van der Waals surface area contributed by atoms with E-state index in [1.165, 1.54) is 6.07 Å². The van der Waals surface area contributed by atoms with Gasteiger partial charge in [-0.25, -0.2) is 18.6 Å². The molecule has 1 aromatic carbocycles. The number of pyridine rings is 1. The summed E-state index contributed by atoms with van der Waals surface area (Å²) in [5, 5.41) is -0.834. The number of primary amides is 1. The van der Waals surface area contributed by atoms with Crippen molar-refractivity contribution in [3.63, 3.8) is 0 Å². The van der Waals surface area contributed by atoms with Gasteiger partial charge < -0.3 is 15.2 Å². The van der Waals surface area contributed by atoms with Crippen LogP contribution >= 0.6 is 11.6 Å². The second-order valence-electron chi connectivity index (χ2n) is 6.43. The maximum atomic E-state index is 14.8. The fourth-order valence-electron chi connectivity index (χ4n) is 2.91. The molecule has 2 amide bonds. The van der Waals surface area contributed by atoms with Crippen LogP contribution < -0.4 is 10.5 Å². The van der Waals surface area contributed by atoms with Crippen molar-refractivity contribution in [2.75, 3.05) is 13.2 Å². The van der Waals surface area contributed by atoms with Gasteiger partial charge in [0.1, 0.15) is 16.7 Å². The van der Waals surface area contributed by atoms with Gasteiger partial charge in [0, 0.05) is 17.8 Å². The van der Waals surface area contributed by atoms with Gasteiger partial charge in [-0.05, 0) is 17.7 Å². The predicted octanol–water partition coefficient (Wildman–Crippen LogP) is 3.35. The molecule has 0 aliphatic carbocycles. The minimum absolute atomic E-state index is 0.100. The van der Waals surface area contributed by atoms with Gasteiger partial charge in [0.05, 0.1) is 12.6 Å². The lowest BCUT2D eigenvalue weighted by molar-refractivity contribution is -0.154. The fraction of sp³-hybridized carbons (Fsp3) is 0.278. The standard InChI is InChI=1S/C18H13ClF5N3O4/c19-13-10(20)3-2-9(14(13)21)15(27-6-11(16(25)28)31-17(27)29)8-1-4-12(26-5-8)30-7-18(22,23)24/h1-5,11,15H,6-7H2,(H2,25,28)/t11?,15-/m0/s1. The van der Waals surface area contributed by atoms with Gasteiger partial charge in [-0.1, -0.05) is 17.7 Å². The Morgan fingerprint density at radius 2 is 2.03 bits per heavy atom. The first kappa shape index (κ1) is 22.5. The first-order valence-corrected chi connectivity index (χ1v) is 8.91. The monoisotopic (exact) mass is 465 g/mol. The van der Waals surface area contributed by atoms with E-state index in [9.17, 15) is 31.5 Å².